The van der Waals surface area contributed by atoms with E-state index in [0.717, 1.165) is 32.5 Å². The second-order valence-corrected chi connectivity index (χ2v) is 3.78. The molecular weight excluding hydrogens is 166 g/mol. The molecule has 1 amide bonds. The fourth-order valence-corrected chi connectivity index (χ4v) is 1.85. The predicted octanol–water partition coefficient (Wildman–Crippen LogP) is -0.454. The van der Waals surface area contributed by atoms with Crippen LogP contribution < -0.4 is 11.1 Å². The van der Waals surface area contributed by atoms with Crippen molar-refractivity contribution in [2.75, 3.05) is 26.7 Å². The number of nitrogens with two attached hydrogens (primary N) is 1. The van der Waals surface area contributed by atoms with Crippen LogP contribution in [-0.4, -0.2) is 43.0 Å². The Morgan fingerprint density at radius 3 is 2.46 bits per heavy atom. The molecule has 1 fully saturated rings. The highest BCUT2D eigenvalue weighted by Gasteiger charge is 2.37. The largest absolute Gasteiger partial charge is 0.368 e. The number of piperidine rings is 1. The Bertz CT molecular complexity index is 185. The molecule has 0 unspecified atom stereocenters. The van der Waals surface area contributed by atoms with Gasteiger partial charge in [-0.1, -0.05) is 6.92 Å². The van der Waals surface area contributed by atoms with E-state index in [9.17, 15) is 4.79 Å². The summed E-state index contributed by atoms with van der Waals surface area (Å²) < 4.78 is 0. The van der Waals surface area contributed by atoms with Crippen LogP contribution in [-0.2, 0) is 4.79 Å². The van der Waals surface area contributed by atoms with Crippen molar-refractivity contribution in [3.63, 3.8) is 0 Å². The molecule has 0 aromatic rings. The lowest BCUT2D eigenvalue weighted by atomic mass is 9.87. The maximum Gasteiger partial charge on any atom is 0.237 e. The van der Waals surface area contributed by atoms with Crippen LogP contribution in [0.4, 0.5) is 0 Å². The second kappa shape index (κ2) is 4.07. The van der Waals surface area contributed by atoms with Gasteiger partial charge in [0.15, 0.2) is 0 Å². The molecule has 4 heteroatoms. The number of carbonyl (C=O) groups is 1. The summed E-state index contributed by atoms with van der Waals surface area (Å²) in [4.78, 5) is 13.5. The zero-order valence-corrected chi connectivity index (χ0v) is 8.47. The van der Waals surface area contributed by atoms with Crippen LogP contribution in [0.1, 0.15) is 19.8 Å². The highest BCUT2D eigenvalue weighted by atomic mass is 16.1. The number of likely N-dealkylation sites (N-methyl/N-ethyl adjacent to an activating group) is 1. The van der Waals surface area contributed by atoms with Crippen LogP contribution in [0.15, 0.2) is 0 Å². The lowest BCUT2D eigenvalue weighted by Crippen LogP contribution is -2.60. The van der Waals surface area contributed by atoms with Gasteiger partial charge in [0, 0.05) is 13.1 Å². The molecule has 13 heavy (non-hydrogen) atoms. The molecule has 0 radical (unpaired) electrons. The molecule has 0 saturated carbocycles. The fourth-order valence-electron chi connectivity index (χ4n) is 1.85. The van der Waals surface area contributed by atoms with Crippen LogP contribution in [0.5, 0.6) is 0 Å². The minimum Gasteiger partial charge on any atom is -0.368 e. The number of primary amides is 1. The molecule has 1 aliphatic rings. The molecule has 1 heterocycles. The molecule has 0 aromatic heterocycles. The third-order valence-corrected chi connectivity index (χ3v) is 2.83. The number of likely N-dealkylation sites (tertiary alicyclic amines) is 1. The van der Waals surface area contributed by atoms with Gasteiger partial charge in [-0.05, 0) is 26.4 Å². The number of nitrogens with one attached hydrogen (secondary N) is 1. The van der Waals surface area contributed by atoms with E-state index in [4.69, 9.17) is 5.73 Å². The maximum absolute atomic E-state index is 11.3. The van der Waals surface area contributed by atoms with E-state index in [-0.39, 0.29) is 5.91 Å². The SMILES string of the molecule is CCNC1(C(N)=O)CCN(C)CC1. The summed E-state index contributed by atoms with van der Waals surface area (Å²) in [6, 6.07) is 0. The molecule has 0 aliphatic carbocycles. The summed E-state index contributed by atoms with van der Waals surface area (Å²) >= 11 is 0. The standard InChI is InChI=1S/C9H19N3O/c1-3-11-9(8(10)13)4-6-12(2)7-5-9/h11H,3-7H2,1-2H3,(H2,10,13). The first-order chi connectivity index (χ1) is 6.10. The van der Waals surface area contributed by atoms with Crippen molar-refractivity contribution in [3.05, 3.63) is 0 Å². The van der Waals surface area contributed by atoms with Crippen molar-refractivity contribution in [1.29, 1.82) is 0 Å². The van der Waals surface area contributed by atoms with Crippen LogP contribution >= 0.6 is 0 Å². The van der Waals surface area contributed by atoms with Crippen LogP contribution in [0.2, 0.25) is 0 Å². The molecule has 0 spiro atoms. The van der Waals surface area contributed by atoms with Gasteiger partial charge in [-0.15, -0.1) is 0 Å². The first-order valence-electron chi connectivity index (χ1n) is 4.84. The number of nitrogens with zero attached hydrogens (tertiary/aromatic N) is 1. The Morgan fingerprint density at radius 2 is 2.08 bits per heavy atom. The summed E-state index contributed by atoms with van der Waals surface area (Å²) in [7, 11) is 2.07. The summed E-state index contributed by atoms with van der Waals surface area (Å²) in [5.74, 6) is -0.206. The molecule has 3 N–H and O–H groups in total. The molecule has 0 bridgehead atoms. The van der Waals surface area contributed by atoms with E-state index in [1.165, 1.54) is 0 Å². The Balaban J connectivity index is 2.63. The summed E-state index contributed by atoms with van der Waals surface area (Å²) in [6.07, 6.45) is 1.65. The summed E-state index contributed by atoms with van der Waals surface area (Å²) in [5, 5.41) is 3.22. The number of hydrogen-bond donors (Lipinski definition) is 2. The minimum atomic E-state index is -0.443. The number of amides is 1. The van der Waals surface area contributed by atoms with E-state index >= 15 is 0 Å². The average Bonchev–Trinajstić information content (AvgIpc) is 2.09. The molecule has 0 atom stereocenters. The third-order valence-electron chi connectivity index (χ3n) is 2.83. The van der Waals surface area contributed by atoms with Crippen molar-refractivity contribution in [1.82, 2.24) is 10.2 Å². The van der Waals surface area contributed by atoms with Gasteiger partial charge < -0.3 is 16.0 Å². The Morgan fingerprint density at radius 1 is 1.54 bits per heavy atom. The molecule has 1 saturated heterocycles. The van der Waals surface area contributed by atoms with Crippen LogP contribution in [0.3, 0.4) is 0 Å². The minimum absolute atomic E-state index is 0.206. The van der Waals surface area contributed by atoms with Gasteiger partial charge in [0.1, 0.15) is 5.54 Å². The average molecular weight is 185 g/mol. The number of hydrogen-bond acceptors (Lipinski definition) is 3. The van der Waals surface area contributed by atoms with E-state index in [1.54, 1.807) is 0 Å². The number of carbonyl (C=O) groups excluding carboxylic acids is 1. The van der Waals surface area contributed by atoms with Gasteiger partial charge in [-0.3, -0.25) is 4.79 Å². The highest BCUT2D eigenvalue weighted by molar-refractivity contribution is 5.84. The Labute approximate surface area is 79.5 Å². The van der Waals surface area contributed by atoms with Gasteiger partial charge in [-0.25, -0.2) is 0 Å². The predicted molar refractivity (Wildman–Crippen MR) is 52.3 cm³/mol. The second-order valence-electron chi connectivity index (χ2n) is 3.78. The first kappa shape index (κ1) is 10.5. The van der Waals surface area contributed by atoms with E-state index in [0.29, 0.717) is 0 Å². The van der Waals surface area contributed by atoms with Gasteiger partial charge in [0.05, 0.1) is 0 Å². The summed E-state index contributed by atoms with van der Waals surface area (Å²) in [6.45, 7) is 4.68. The third kappa shape index (κ3) is 2.19. The van der Waals surface area contributed by atoms with Gasteiger partial charge >= 0.3 is 0 Å². The maximum atomic E-state index is 11.3. The molecule has 1 rings (SSSR count). The topological polar surface area (TPSA) is 58.4 Å². The van der Waals surface area contributed by atoms with Crippen molar-refractivity contribution in [2.45, 2.75) is 25.3 Å². The van der Waals surface area contributed by atoms with Crippen molar-refractivity contribution in [2.24, 2.45) is 5.73 Å². The molecule has 76 valence electrons. The summed E-state index contributed by atoms with van der Waals surface area (Å²) in [5.41, 5.74) is 4.97. The normalized spacial score (nSPS) is 22.9. The Kier molecular flexibility index (Phi) is 3.27. The van der Waals surface area contributed by atoms with E-state index in [1.807, 2.05) is 6.92 Å². The van der Waals surface area contributed by atoms with Gasteiger partial charge in [0.2, 0.25) is 5.91 Å². The molecule has 4 nitrogen and oxygen atoms in total. The van der Waals surface area contributed by atoms with Crippen LogP contribution in [0, 0.1) is 0 Å². The van der Waals surface area contributed by atoms with E-state index in [2.05, 4.69) is 17.3 Å². The fraction of sp³-hybridized carbons (Fsp3) is 0.889. The molecular formula is C9H19N3O. The lowest BCUT2D eigenvalue weighted by Gasteiger charge is -2.38. The highest BCUT2D eigenvalue weighted by Crippen LogP contribution is 2.20. The first-order valence-corrected chi connectivity index (χ1v) is 4.84. The zero-order valence-electron chi connectivity index (χ0n) is 8.47. The zero-order chi connectivity index (χ0) is 9.90. The monoisotopic (exact) mass is 185 g/mol. The van der Waals surface area contributed by atoms with Gasteiger partial charge in [-0.2, -0.15) is 0 Å². The van der Waals surface area contributed by atoms with Gasteiger partial charge in [0.25, 0.3) is 0 Å². The van der Waals surface area contributed by atoms with Crippen molar-refractivity contribution < 1.29 is 4.79 Å². The Hall–Kier alpha value is -0.610. The van der Waals surface area contributed by atoms with Crippen LogP contribution in [0.25, 0.3) is 0 Å². The van der Waals surface area contributed by atoms with Crippen molar-refractivity contribution >= 4 is 5.91 Å². The van der Waals surface area contributed by atoms with E-state index < -0.39 is 5.54 Å². The molecule has 1 aliphatic heterocycles. The number of rotatable bonds is 3. The molecule has 0 aromatic carbocycles. The van der Waals surface area contributed by atoms with Crippen molar-refractivity contribution in [3.8, 4) is 0 Å². The smallest absolute Gasteiger partial charge is 0.237 e. The lowest BCUT2D eigenvalue weighted by molar-refractivity contribution is -0.126. The quantitative estimate of drug-likeness (QED) is 0.626.